The van der Waals surface area contributed by atoms with Crippen LogP contribution in [0.15, 0.2) is 46.3 Å². The first-order valence-electron chi connectivity index (χ1n) is 6.39. The molecule has 21 heavy (non-hydrogen) atoms. The predicted molar refractivity (Wildman–Crippen MR) is 93.1 cm³/mol. The highest BCUT2D eigenvalue weighted by Crippen LogP contribution is 2.26. The third kappa shape index (κ3) is 2.80. The van der Waals surface area contributed by atoms with Crippen LogP contribution in [0.3, 0.4) is 0 Å². The number of rotatable bonds is 2. The first kappa shape index (κ1) is 14.1. The Balaban J connectivity index is 1.92. The van der Waals surface area contributed by atoms with Crippen LogP contribution in [-0.4, -0.2) is 5.91 Å². The second-order valence-corrected chi connectivity index (χ2v) is 6.66. The number of hydrogen-bond donors (Lipinski definition) is 2. The highest BCUT2D eigenvalue weighted by atomic mass is 79.9. The van der Waals surface area contributed by atoms with Crippen LogP contribution in [0.1, 0.15) is 15.9 Å². The molecule has 0 aliphatic heterocycles. The van der Waals surface area contributed by atoms with Crippen molar-refractivity contribution in [1.29, 1.82) is 0 Å². The van der Waals surface area contributed by atoms with E-state index in [2.05, 4.69) is 21.2 Å². The summed E-state index contributed by atoms with van der Waals surface area (Å²) in [6, 6.07) is 11.5. The van der Waals surface area contributed by atoms with Gasteiger partial charge in [0.25, 0.3) is 5.91 Å². The normalized spacial score (nSPS) is 10.8. The van der Waals surface area contributed by atoms with Crippen molar-refractivity contribution in [2.24, 2.45) is 0 Å². The van der Waals surface area contributed by atoms with Gasteiger partial charge >= 0.3 is 0 Å². The van der Waals surface area contributed by atoms with E-state index in [1.807, 2.05) is 36.6 Å². The van der Waals surface area contributed by atoms with Crippen molar-refractivity contribution < 1.29 is 4.79 Å². The summed E-state index contributed by atoms with van der Waals surface area (Å²) in [5.41, 5.74) is 8.65. The Morgan fingerprint density at radius 2 is 2.05 bits per heavy atom. The van der Waals surface area contributed by atoms with E-state index in [1.54, 1.807) is 23.5 Å². The molecule has 3 nitrogen and oxygen atoms in total. The van der Waals surface area contributed by atoms with Gasteiger partial charge in [0.2, 0.25) is 0 Å². The van der Waals surface area contributed by atoms with Crippen molar-refractivity contribution in [3.05, 3.63) is 57.4 Å². The quantitative estimate of drug-likeness (QED) is 0.644. The molecule has 3 aromatic rings. The average Bonchev–Trinajstić information content (AvgIpc) is 2.90. The van der Waals surface area contributed by atoms with Gasteiger partial charge in [0.1, 0.15) is 0 Å². The Hall–Kier alpha value is -1.85. The Kier molecular flexibility index (Phi) is 3.69. The van der Waals surface area contributed by atoms with Gasteiger partial charge in [-0.3, -0.25) is 4.79 Å². The molecule has 0 atom stereocenters. The molecular weight excluding hydrogens is 348 g/mol. The zero-order valence-electron chi connectivity index (χ0n) is 11.3. The zero-order chi connectivity index (χ0) is 15.0. The van der Waals surface area contributed by atoms with Crippen LogP contribution in [0.5, 0.6) is 0 Å². The molecule has 0 bridgehead atoms. The topological polar surface area (TPSA) is 55.1 Å². The van der Waals surface area contributed by atoms with Gasteiger partial charge in [-0.1, -0.05) is 15.9 Å². The maximum atomic E-state index is 12.4. The van der Waals surface area contributed by atoms with E-state index in [0.29, 0.717) is 11.3 Å². The molecule has 3 N–H and O–H groups in total. The van der Waals surface area contributed by atoms with Crippen molar-refractivity contribution in [3.63, 3.8) is 0 Å². The molecule has 0 aliphatic carbocycles. The van der Waals surface area contributed by atoms with Gasteiger partial charge in [0.15, 0.2) is 0 Å². The van der Waals surface area contributed by atoms with Crippen LogP contribution in [0.4, 0.5) is 11.4 Å². The number of hydrogen-bond acceptors (Lipinski definition) is 3. The second kappa shape index (κ2) is 5.50. The lowest BCUT2D eigenvalue weighted by atomic mass is 10.1. The molecule has 0 radical (unpaired) electrons. The molecule has 0 unspecified atom stereocenters. The average molecular weight is 361 g/mol. The molecule has 0 spiro atoms. The summed E-state index contributed by atoms with van der Waals surface area (Å²) in [5, 5.41) is 6.09. The van der Waals surface area contributed by atoms with E-state index in [9.17, 15) is 4.79 Å². The van der Waals surface area contributed by atoms with Crippen molar-refractivity contribution in [3.8, 4) is 0 Å². The van der Waals surface area contributed by atoms with Crippen LogP contribution in [0.2, 0.25) is 0 Å². The minimum absolute atomic E-state index is 0.157. The summed E-state index contributed by atoms with van der Waals surface area (Å²) >= 11 is 5.05. The van der Waals surface area contributed by atoms with Crippen molar-refractivity contribution >= 4 is 54.6 Å². The molecule has 3 rings (SSSR count). The summed E-state index contributed by atoms with van der Waals surface area (Å²) in [7, 11) is 0. The molecule has 1 amide bonds. The number of amides is 1. The first-order chi connectivity index (χ1) is 10.0. The highest BCUT2D eigenvalue weighted by molar-refractivity contribution is 9.10. The smallest absolute Gasteiger partial charge is 0.256 e. The van der Waals surface area contributed by atoms with Gasteiger partial charge in [-0.25, -0.2) is 0 Å². The maximum Gasteiger partial charge on any atom is 0.256 e. The lowest BCUT2D eigenvalue weighted by Crippen LogP contribution is -2.14. The number of fused-ring (bicyclic) bond motifs is 1. The molecule has 0 saturated carbocycles. The number of benzene rings is 2. The van der Waals surface area contributed by atoms with Crippen LogP contribution >= 0.6 is 27.3 Å². The third-order valence-corrected chi connectivity index (χ3v) is 4.72. The summed E-state index contributed by atoms with van der Waals surface area (Å²) in [6.45, 7) is 1.85. The SMILES string of the molecule is Cc1c(N)cc(Br)cc1C(=O)Nc1ccc2sccc2c1. The fourth-order valence-electron chi connectivity index (χ4n) is 2.18. The van der Waals surface area contributed by atoms with Gasteiger partial charge in [-0.05, 0) is 59.7 Å². The molecule has 2 aromatic carbocycles. The molecule has 0 saturated heterocycles. The molecule has 1 heterocycles. The van der Waals surface area contributed by atoms with E-state index in [1.165, 1.54) is 4.70 Å². The van der Waals surface area contributed by atoms with Gasteiger partial charge in [-0.15, -0.1) is 11.3 Å². The summed E-state index contributed by atoms with van der Waals surface area (Å²) in [6.07, 6.45) is 0. The fourth-order valence-corrected chi connectivity index (χ4v) is 3.43. The Morgan fingerprint density at radius 1 is 1.24 bits per heavy atom. The largest absolute Gasteiger partial charge is 0.398 e. The van der Waals surface area contributed by atoms with Crippen LogP contribution < -0.4 is 11.1 Å². The molecular formula is C16H13BrN2OS. The number of nitrogen functional groups attached to an aromatic ring is 1. The van der Waals surface area contributed by atoms with E-state index < -0.39 is 0 Å². The molecule has 106 valence electrons. The number of thiophene rings is 1. The Labute approximate surface area is 134 Å². The molecule has 0 aliphatic rings. The Bertz CT molecular complexity index is 841. The standard InChI is InChI=1S/C16H13BrN2OS/c1-9-13(7-11(17)8-14(9)18)16(20)19-12-2-3-15-10(6-12)4-5-21-15/h2-8H,18H2,1H3,(H,19,20). The van der Waals surface area contributed by atoms with Crippen LogP contribution in [0, 0.1) is 6.92 Å². The Morgan fingerprint density at radius 3 is 2.86 bits per heavy atom. The number of anilines is 2. The van der Waals surface area contributed by atoms with Crippen LogP contribution in [0.25, 0.3) is 10.1 Å². The lowest BCUT2D eigenvalue weighted by molar-refractivity contribution is 0.102. The number of carbonyl (C=O) groups excluding carboxylic acids is 1. The highest BCUT2D eigenvalue weighted by Gasteiger charge is 2.12. The molecule has 0 fully saturated rings. The fraction of sp³-hybridized carbons (Fsp3) is 0.0625. The van der Waals surface area contributed by atoms with Gasteiger partial charge in [-0.2, -0.15) is 0 Å². The summed E-state index contributed by atoms with van der Waals surface area (Å²) < 4.78 is 2.00. The van der Waals surface area contributed by atoms with Gasteiger partial charge in [0.05, 0.1) is 0 Å². The number of nitrogens with one attached hydrogen (secondary N) is 1. The second-order valence-electron chi connectivity index (χ2n) is 4.79. The summed E-state index contributed by atoms with van der Waals surface area (Å²) in [5.74, 6) is -0.157. The number of nitrogens with two attached hydrogens (primary N) is 1. The van der Waals surface area contributed by atoms with E-state index in [-0.39, 0.29) is 5.91 Å². The third-order valence-electron chi connectivity index (χ3n) is 3.37. The van der Waals surface area contributed by atoms with Crippen molar-refractivity contribution in [2.75, 3.05) is 11.1 Å². The monoisotopic (exact) mass is 360 g/mol. The van der Waals surface area contributed by atoms with E-state index in [4.69, 9.17) is 5.73 Å². The number of halogens is 1. The van der Waals surface area contributed by atoms with E-state index >= 15 is 0 Å². The maximum absolute atomic E-state index is 12.4. The van der Waals surface area contributed by atoms with Crippen molar-refractivity contribution in [1.82, 2.24) is 0 Å². The van der Waals surface area contributed by atoms with E-state index in [0.717, 1.165) is 21.1 Å². The van der Waals surface area contributed by atoms with Crippen molar-refractivity contribution in [2.45, 2.75) is 6.92 Å². The molecule has 5 heteroatoms. The molecule has 1 aromatic heterocycles. The minimum atomic E-state index is -0.157. The number of carbonyl (C=O) groups is 1. The van der Waals surface area contributed by atoms with Gasteiger partial charge in [0, 0.05) is 26.1 Å². The van der Waals surface area contributed by atoms with Crippen LogP contribution in [-0.2, 0) is 0 Å². The predicted octanol–water partition coefficient (Wildman–Crippen LogP) is 4.81. The first-order valence-corrected chi connectivity index (χ1v) is 8.06. The minimum Gasteiger partial charge on any atom is -0.398 e. The lowest BCUT2D eigenvalue weighted by Gasteiger charge is -2.10. The van der Waals surface area contributed by atoms with Gasteiger partial charge < -0.3 is 11.1 Å². The zero-order valence-corrected chi connectivity index (χ0v) is 13.7. The summed E-state index contributed by atoms with van der Waals surface area (Å²) in [4.78, 5) is 12.4.